The standard InChI is InChI=1S/C10H8ClFO2S/c1-15(14)10(12)5-6-4-7(11)2-3-8(6)9(10)13/h2-4H,5H2,1H3. The number of hydrogen-bond acceptors (Lipinski definition) is 2. The molecule has 0 bridgehead atoms. The van der Waals surface area contributed by atoms with Crippen LogP contribution in [0.25, 0.3) is 0 Å². The second kappa shape index (κ2) is 3.39. The Labute approximate surface area is 93.9 Å². The predicted molar refractivity (Wildman–Crippen MR) is 57.4 cm³/mol. The molecule has 2 rings (SSSR count). The Morgan fingerprint density at radius 3 is 2.80 bits per heavy atom. The van der Waals surface area contributed by atoms with Crippen molar-refractivity contribution in [2.75, 3.05) is 6.26 Å². The maximum atomic E-state index is 14.1. The zero-order valence-corrected chi connectivity index (χ0v) is 9.49. The number of hydrogen-bond donors (Lipinski definition) is 0. The summed E-state index contributed by atoms with van der Waals surface area (Å²) >= 11 is 5.73. The maximum Gasteiger partial charge on any atom is 0.250 e. The molecule has 0 aromatic heterocycles. The molecule has 2 unspecified atom stereocenters. The normalized spacial score (nSPS) is 26.5. The number of halogens is 2. The molecule has 0 amide bonds. The minimum Gasteiger partial charge on any atom is -0.289 e. The van der Waals surface area contributed by atoms with Crippen LogP contribution in [-0.2, 0) is 17.2 Å². The van der Waals surface area contributed by atoms with Crippen molar-refractivity contribution in [2.24, 2.45) is 0 Å². The molecule has 2 nitrogen and oxygen atoms in total. The van der Waals surface area contributed by atoms with Crippen molar-refractivity contribution in [3.05, 3.63) is 34.3 Å². The highest BCUT2D eigenvalue weighted by Crippen LogP contribution is 2.36. The highest BCUT2D eigenvalue weighted by molar-refractivity contribution is 7.86. The topological polar surface area (TPSA) is 34.1 Å². The molecule has 0 fully saturated rings. The molecule has 0 spiro atoms. The van der Waals surface area contributed by atoms with Crippen LogP contribution >= 0.6 is 11.6 Å². The number of benzene rings is 1. The molecular formula is C10H8ClFO2S. The molecule has 0 N–H and O–H groups in total. The van der Waals surface area contributed by atoms with Crippen molar-refractivity contribution in [2.45, 2.75) is 11.4 Å². The van der Waals surface area contributed by atoms with E-state index in [0.29, 0.717) is 10.6 Å². The minimum absolute atomic E-state index is 0.148. The van der Waals surface area contributed by atoms with Gasteiger partial charge in [0.1, 0.15) is 0 Å². The van der Waals surface area contributed by atoms with Gasteiger partial charge in [0, 0.05) is 23.3 Å². The molecule has 1 aromatic carbocycles. The Morgan fingerprint density at radius 1 is 1.53 bits per heavy atom. The Kier molecular flexibility index (Phi) is 2.43. The van der Waals surface area contributed by atoms with Crippen LogP contribution in [0.4, 0.5) is 4.39 Å². The molecule has 2 atom stereocenters. The fourth-order valence-electron chi connectivity index (χ4n) is 1.69. The average Bonchev–Trinajstić information content (AvgIpc) is 2.40. The van der Waals surface area contributed by atoms with Crippen LogP contribution in [0.1, 0.15) is 15.9 Å². The largest absolute Gasteiger partial charge is 0.289 e. The Balaban J connectivity index is 2.55. The summed E-state index contributed by atoms with van der Waals surface area (Å²) in [6.07, 6.45) is 1.05. The molecule has 1 aliphatic rings. The summed E-state index contributed by atoms with van der Waals surface area (Å²) in [7, 11) is -1.83. The highest BCUT2D eigenvalue weighted by atomic mass is 35.5. The van der Waals surface area contributed by atoms with E-state index in [0.717, 1.165) is 0 Å². The first-order chi connectivity index (χ1) is 6.95. The summed E-state index contributed by atoms with van der Waals surface area (Å²) in [5, 5.41) is -1.82. The van der Waals surface area contributed by atoms with Crippen LogP contribution in [-0.4, -0.2) is 21.2 Å². The number of carbonyl (C=O) groups is 1. The fourth-order valence-corrected chi connectivity index (χ4v) is 2.61. The van der Waals surface area contributed by atoms with Gasteiger partial charge in [0.2, 0.25) is 10.8 Å². The predicted octanol–water partition coefficient (Wildman–Crippen LogP) is 2.12. The van der Waals surface area contributed by atoms with Crippen molar-refractivity contribution >= 4 is 28.2 Å². The maximum absolute atomic E-state index is 14.1. The number of rotatable bonds is 1. The van der Waals surface area contributed by atoms with E-state index in [1.165, 1.54) is 18.4 Å². The van der Waals surface area contributed by atoms with Crippen LogP contribution in [0.5, 0.6) is 0 Å². The Hall–Kier alpha value is -0.740. The van der Waals surface area contributed by atoms with Gasteiger partial charge in [-0.05, 0) is 23.8 Å². The first kappa shape index (κ1) is 10.8. The van der Waals surface area contributed by atoms with Gasteiger partial charge in [0.05, 0.1) is 10.8 Å². The van der Waals surface area contributed by atoms with Gasteiger partial charge in [-0.3, -0.25) is 9.00 Å². The van der Waals surface area contributed by atoms with Gasteiger partial charge in [-0.25, -0.2) is 4.39 Å². The van der Waals surface area contributed by atoms with Gasteiger partial charge in [0.15, 0.2) is 0 Å². The Bertz CT molecular complexity index is 474. The molecule has 0 aliphatic heterocycles. The third kappa shape index (κ3) is 1.52. The fraction of sp³-hybridized carbons (Fsp3) is 0.300. The highest BCUT2D eigenvalue weighted by Gasteiger charge is 2.49. The van der Waals surface area contributed by atoms with E-state index in [4.69, 9.17) is 11.6 Å². The van der Waals surface area contributed by atoms with Crippen LogP contribution in [0.2, 0.25) is 5.02 Å². The smallest absolute Gasteiger partial charge is 0.250 e. The molecule has 0 saturated carbocycles. The van der Waals surface area contributed by atoms with E-state index in [1.807, 2.05) is 0 Å². The molecule has 0 radical (unpaired) electrons. The molecule has 0 saturated heterocycles. The monoisotopic (exact) mass is 246 g/mol. The van der Waals surface area contributed by atoms with Crippen LogP contribution < -0.4 is 0 Å². The quantitative estimate of drug-likeness (QED) is 0.761. The van der Waals surface area contributed by atoms with Crippen LogP contribution in [0.3, 0.4) is 0 Å². The minimum atomic E-state index is -2.27. The summed E-state index contributed by atoms with van der Waals surface area (Å²) < 4.78 is 25.3. The van der Waals surface area contributed by atoms with E-state index in [2.05, 4.69) is 0 Å². The van der Waals surface area contributed by atoms with Crippen molar-refractivity contribution in [3.8, 4) is 0 Å². The summed E-state index contributed by atoms with van der Waals surface area (Å²) in [6.45, 7) is 0. The molecule has 0 heterocycles. The number of ketones is 1. The number of alkyl halides is 1. The second-order valence-electron chi connectivity index (χ2n) is 3.49. The molecule has 5 heteroatoms. The Morgan fingerprint density at radius 2 is 2.20 bits per heavy atom. The van der Waals surface area contributed by atoms with Gasteiger partial charge >= 0.3 is 0 Å². The van der Waals surface area contributed by atoms with Gasteiger partial charge in [0.25, 0.3) is 0 Å². The third-order valence-corrected chi connectivity index (χ3v) is 4.00. The molecule has 1 aliphatic carbocycles. The van der Waals surface area contributed by atoms with Crippen molar-refractivity contribution in [1.29, 1.82) is 0 Å². The van der Waals surface area contributed by atoms with Crippen LogP contribution in [0.15, 0.2) is 18.2 Å². The van der Waals surface area contributed by atoms with E-state index in [-0.39, 0.29) is 12.0 Å². The first-order valence-electron chi connectivity index (χ1n) is 4.31. The summed E-state index contributed by atoms with van der Waals surface area (Å²) in [4.78, 5) is 11.7. The second-order valence-corrected chi connectivity index (χ2v) is 5.48. The summed E-state index contributed by atoms with van der Waals surface area (Å²) in [5.74, 6) is -0.699. The third-order valence-electron chi connectivity index (χ3n) is 2.52. The van der Waals surface area contributed by atoms with E-state index < -0.39 is 21.6 Å². The molecular weight excluding hydrogens is 239 g/mol. The lowest BCUT2D eigenvalue weighted by Gasteiger charge is -2.12. The van der Waals surface area contributed by atoms with Crippen molar-refractivity contribution in [3.63, 3.8) is 0 Å². The van der Waals surface area contributed by atoms with Gasteiger partial charge < -0.3 is 0 Å². The zero-order valence-electron chi connectivity index (χ0n) is 7.92. The van der Waals surface area contributed by atoms with Crippen molar-refractivity contribution < 1.29 is 13.4 Å². The summed E-state index contributed by atoms with van der Waals surface area (Å²) in [5.41, 5.74) is 0.822. The first-order valence-corrected chi connectivity index (χ1v) is 6.24. The van der Waals surface area contributed by atoms with Gasteiger partial charge in [-0.1, -0.05) is 11.6 Å². The van der Waals surface area contributed by atoms with E-state index >= 15 is 0 Å². The van der Waals surface area contributed by atoms with E-state index in [9.17, 15) is 13.4 Å². The molecule has 80 valence electrons. The number of Topliss-reactive ketones (excluding diaryl/α,β-unsaturated/α-hetero) is 1. The van der Waals surface area contributed by atoms with E-state index in [1.54, 1.807) is 6.07 Å². The number of carbonyl (C=O) groups excluding carboxylic acids is 1. The SMILES string of the molecule is CS(=O)C1(F)Cc2cc(Cl)ccc2C1=O. The lowest BCUT2D eigenvalue weighted by Crippen LogP contribution is -2.35. The van der Waals surface area contributed by atoms with Gasteiger partial charge in [-0.2, -0.15) is 0 Å². The number of fused-ring (bicyclic) bond motifs is 1. The average molecular weight is 247 g/mol. The molecule has 15 heavy (non-hydrogen) atoms. The van der Waals surface area contributed by atoms with Gasteiger partial charge in [-0.15, -0.1) is 0 Å². The lowest BCUT2D eigenvalue weighted by molar-refractivity contribution is 0.0859. The molecule has 1 aromatic rings. The summed E-state index contributed by atoms with van der Waals surface area (Å²) in [6, 6.07) is 4.56. The lowest BCUT2D eigenvalue weighted by atomic mass is 10.1. The van der Waals surface area contributed by atoms with Crippen molar-refractivity contribution in [1.82, 2.24) is 0 Å². The van der Waals surface area contributed by atoms with Crippen LogP contribution in [0, 0.1) is 0 Å². The zero-order chi connectivity index (χ0) is 11.2.